The van der Waals surface area contributed by atoms with Gasteiger partial charge in [-0.05, 0) is 98.5 Å². The quantitative estimate of drug-likeness (QED) is 0.261. The van der Waals surface area contributed by atoms with Crippen molar-refractivity contribution < 1.29 is 23.9 Å². The van der Waals surface area contributed by atoms with Gasteiger partial charge in [0, 0.05) is 41.4 Å². The average molecular weight is 548 g/mol. The molecule has 8 nitrogen and oxygen atoms in total. The zero-order valence-corrected chi connectivity index (χ0v) is 23.3. The third-order valence-corrected chi connectivity index (χ3v) is 7.00. The van der Waals surface area contributed by atoms with Crippen LogP contribution in [0.1, 0.15) is 22.3 Å². The summed E-state index contributed by atoms with van der Waals surface area (Å²) in [5.41, 5.74) is 6.58. The van der Waals surface area contributed by atoms with E-state index < -0.39 is 0 Å². The van der Waals surface area contributed by atoms with Crippen LogP contribution in [0.15, 0.2) is 85.5 Å². The van der Waals surface area contributed by atoms with Crippen molar-refractivity contribution in [2.75, 3.05) is 21.3 Å². The van der Waals surface area contributed by atoms with Crippen molar-refractivity contribution in [2.24, 2.45) is 0 Å². The van der Waals surface area contributed by atoms with E-state index in [0.29, 0.717) is 23.7 Å². The molecule has 0 spiro atoms. The second-order valence-corrected chi connectivity index (χ2v) is 9.98. The van der Waals surface area contributed by atoms with Crippen LogP contribution >= 0.6 is 0 Å². The Morgan fingerprint density at radius 1 is 0.634 bits per heavy atom. The van der Waals surface area contributed by atoms with Gasteiger partial charge < -0.3 is 9.64 Å². The molecule has 5 rings (SSSR count). The Bertz CT molecular complexity index is 1500. The van der Waals surface area contributed by atoms with Crippen molar-refractivity contribution in [1.29, 1.82) is 0 Å². The topological polar surface area (TPSA) is 87.2 Å². The van der Waals surface area contributed by atoms with Crippen LogP contribution < -0.4 is 19.4 Å². The Kier molecular flexibility index (Phi) is 7.15. The highest BCUT2D eigenvalue weighted by atomic mass is 16.5. The van der Waals surface area contributed by atoms with Gasteiger partial charge in [0.15, 0.2) is 0 Å². The Hall–Kier alpha value is -5.24. The Labute approximate surface area is 238 Å². The number of rotatable bonds is 8. The van der Waals surface area contributed by atoms with E-state index in [-0.39, 0.29) is 23.6 Å². The molecule has 3 aromatic carbocycles. The van der Waals surface area contributed by atoms with E-state index in [9.17, 15) is 19.2 Å². The van der Waals surface area contributed by atoms with Crippen LogP contribution in [-0.2, 0) is 19.2 Å². The summed E-state index contributed by atoms with van der Waals surface area (Å²) in [5, 5.41) is 0. The summed E-state index contributed by atoms with van der Waals surface area (Å²) < 4.78 is 5.68. The van der Waals surface area contributed by atoms with Crippen molar-refractivity contribution in [1.82, 2.24) is 0 Å². The molecular formula is C33H29N3O5. The molecule has 0 aliphatic carbocycles. The van der Waals surface area contributed by atoms with Gasteiger partial charge in [-0.2, -0.15) is 0 Å². The zero-order valence-electron chi connectivity index (χ0n) is 23.3. The van der Waals surface area contributed by atoms with Crippen molar-refractivity contribution in [2.45, 2.75) is 27.7 Å². The number of anilines is 5. The number of hydrogen-bond donors (Lipinski definition) is 0. The summed E-state index contributed by atoms with van der Waals surface area (Å²) in [6.45, 7) is 11.5. The summed E-state index contributed by atoms with van der Waals surface area (Å²) in [6.07, 6.45) is 6.77. The number of aryl methyl sites for hydroxylation is 4. The second-order valence-electron chi connectivity index (χ2n) is 9.98. The van der Waals surface area contributed by atoms with Crippen molar-refractivity contribution in [3.05, 3.63) is 108 Å². The number of amides is 4. The highest BCUT2D eigenvalue weighted by Gasteiger charge is 2.30. The fourth-order valence-corrected chi connectivity index (χ4v) is 5.36. The second kappa shape index (κ2) is 10.7. The van der Waals surface area contributed by atoms with Gasteiger partial charge in [0.05, 0.1) is 11.4 Å². The Morgan fingerprint density at radius 2 is 1.00 bits per heavy atom. The van der Waals surface area contributed by atoms with E-state index in [4.69, 9.17) is 4.74 Å². The van der Waals surface area contributed by atoms with Crippen LogP contribution in [0, 0.1) is 27.7 Å². The molecule has 0 atom stereocenters. The normalized spacial score (nSPS) is 14.4. The molecule has 3 aromatic rings. The molecule has 0 saturated carbocycles. The first-order valence-corrected chi connectivity index (χ1v) is 13.1. The third kappa shape index (κ3) is 4.96. The van der Waals surface area contributed by atoms with Gasteiger partial charge in [0.2, 0.25) is 0 Å². The molecule has 0 radical (unpaired) electrons. The van der Waals surface area contributed by atoms with Crippen LogP contribution in [0.5, 0.6) is 5.75 Å². The van der Waals surface area contributed by atoms with E-state index in [2.05, 4.69) is 6.58 Å². The number of ether oxygens (including phenoxy) is 1. The van der Waals surface area contributed by atoms with Crippen LogP contribution in [0.25, 0.3) is 0 Å². The smallest absolute Gasteiger partial charge is 0.258 e. The highest BCUT2D eigenvalue weighted by molar-refractivity contribution is 6.29. The fraction of sp³-hybridized carbons (Fsp3) is 0.152. The van der Waals surface area contributed by atoms with Gasteiger partial charge in [0.1, 0.15) is 12.4 Å². The van der Waals surface area contributed by atoms with Gasteiger partial charge >= 0.3 is 0 Å². The molecule has 0 aromatic heterocycles. The van der Waals surface area contributed by atoms with Crippen LogP contribution in [0.3, 0.4) is 0 Å². The van der Waals surface area contributed by atoms with E-state index >= 15 is 0 Å². The molecule has 4 amide bonds. The molecule has 2 aliphatic heterocycles. The monoisotopic (exact) mass is 547 g/mol. The highest BCUT2D eigenvalue weighted by Crippen LogP contribution is 2.42. The van der Waals surface area contributed by atoms with Crippen LogP contribution in [-0.4, -0.2) is 30.2 Å². The predicted molar refractivity (Wildman–Crippen MR) is 159 cm³/mol. The number of nitrogens with zero attached hydrogens (tertiary/aromatic N) is 3. The molecular weight excluding hydrogens is 518 g/mol. The maximum atomic E-state index is 12.5. The minimum atomic E-state index is -0.372. The first kappa shape index (κ1) is 27.3. The fourth-order valence-electron chi connectivity index (χ4n) is 5.36. The third-order valence-electron chi connectivity index (χ3n) is 7.00. The molecule has 0 fully saturated rings. The SMILES string of the molecule is C=CCOc1ccc(N(c2cc(C)c(N3C(=O)C=CC3=O)c(C)c2)c2cc(C)c(N3C(=O)C=CC3=O)c(C)c2)cc1. The molecule has 8 heteroatoms. The first-order valence-electron chi connectivity index (χ1n) is 13.1. The summed E-state index contributed by atoms with van der Waals surface area (Å²) in [7, 11) is 0. The van der Waals surface area contributed by atoms with Gasteiger partial charge in [0.25, 0.3) is 23.6 Å². The van der Waals surface area contributed by atoms with E-state index in [1.165, 1.54) is 34.1 Å². The number of hydrogen-bond acceptors (Lipinski definition) is 6. The van der Waals surface area contributed by atoms with Crippen molar-refractivity contribution in [3.8, 4) is 5.75 Å². The van der Waals surface area contributed by atoms with E-state index in [0.717, 1.165) is 39.3 Å². The van der Waals surface area contributed by atoms with Crippen LogP contribution in [0.4, 0.5) is 28.4 Å². The summed E-state index contributed by atoms with van der Waals surface area (Å²) in [6, 6.07) is 15.3. The molecule has 2 aliphatic rings. The zero-order chi connectivity index (χ0) is 29.4. The lowest BCUT2D eigenvalue weighted by Gasteiger charge is -2.30. The van der Waals surface area contributed by atoms with Gasteiger partial charge in [-0.25, -0.2) is 9.80 Å². The number of carbonyl (C=O) groups excluding carboxylic acids is 4. The number of carbonyl (C=O) groups is 4. The summed E-state index contributed by atoms with van der Waals surface area (Å²) in [5.74, 6) is -0.797. The Morgan fingerprint density at radius 3 is 1.34 bits per heavy atom. The average Bonchev–Trinajstić information content (AvgIpc) is 3.43. The maximum absolute atomic E-state index is 12.5. The van der Waals surface area contributed by atoms with E-state index in [1.54, 1.807) is 6.08 Å². The minimum absolute atomic E-state index is 0.372. The molecule has 0 N–H and O–H groups in total. The Balaban J connectivity index is 1.64. The van der Waals surface area contributed by atoms with Crippen LogP contribution in [0.2, 0.25) is 0 Å². The van der Waals surface area contributed by atoms with Gasteiger partial charge in [-0.3, -0.25) is 19.2 Å². The predicted octanol–water partition coefficient (Wildman–Crippen LogP) is 5.81. The minimum Gasteiger partial charge on any atom is -0.490 e. The number of benzene rings is 3. The molecule has 2 heterocycles. The molecule has 0 unspecified atom stereocenters. The van der Waals surface area contributed by atoms with Crippen molar-refractivity contribution in [3.63, 3.8) is 0 Å². The molecule has 0 bridgehead atoms. The summed E-state index contributed by atoms with van der Waals surface area (Å²) >= 11 is 0. The van der Waals surface area contributed by atoms with E-state index in [1.807, 2.05) is 81.1 Å². The first-order chi connectivity index (χ1) is 19.6. The van der Waals surface area contributed by atoms with Crippen molar-refractivity contribution >= 4 is 52.1 Å². The maximum Gasteiger partial charge on any atom is 0.258 e. The van der Waals surface area contributed by atoms with Gasteiger partial charge in [-0.15, -0.1) is 0 Å². The molecule has 41 heavy (non-hydrogen) atoms. The summed E-state index contributed by atoms with van der Waals surface area (Å²) in [4.78, 5) is 54.2. The lowest BCUT2D eigenvalue weighted by molar-refractivity contribution is -0.121. The molecule has 206 valence electrons. The molecule has 0 saturated heterocycles. The number of imide groups is 2. The lowest BCUT2D eigenvalue weighted by Crippen LogP contribution is -2.31. The standard InChI is InChI=1S/C33H29N3O5/c1-6-15-41-27-9-7-24(8-10-27)34(25-16-20(2)32(21(3)17-25)35-28(37)11-12-29(35)38)26-18-22(4)33(23(5)19-26)36-30(39)13-14-31(36)40/h6-14,16-19H,1,15H2,2-5H3. The lowest BCUT2D eigenvalue weighted by atomic mass is 10.0. The largest absolute Gasteiger partial charge is 0.490 e. The van der Waals surface area contributed by atoms with Gasteiger partial charge in [-0.1, -0.05) is 12.7 Å².